The van der Waals surface area contributed by atoms with Crippen molar-refractivity contribution in [1.29, 1.82) is 0 Å². The Hall–Kier alpha value is -1.92. The third-order valence-corrected chi connectivity index (χ3v) is 7.65. The molecule has 2 bridgehead atoms. The Morgan fingerprint density at radius 1 is 0.963 bits per heavy atom. The molecule has 144 valence electrons. The molecular weight excluding hydrogens is 360 g/mol. The van der Waals surface area contributed by atoms with Crippen LogP contribution in [-0.4, -0.2) is 30.4 Å². The first-order valence-corrected chi connectivity index (χ1v) is 10.9. The molecule has 1 aromatic heterocycles. The molecule has 0 unspecified atom stereocenters. The van der Waals surface area contributed by atoms with Gasteiger partial charge in [0.15, 0.2) is 0 Å². The molecule has 6 heteroatoms. The monoisotopic (exact) mass is 386 g/mol. The van der Waals surface area contributed by atoms with E-state index in [2.05, 4.69) is 20.8 Å². The van der Waals surface area contributed by atoms with Crippen molar-refractivity contribution >= 4 is 10.0 Å². The minimum atomic E-state index is -3.53. The molecule has 3 heterocycles. The molecule has 1 fully saturated rings. The Kier molecular flexibility index (Phi) is 4.31. The number of hydrogen-bond acceptors (Lipinski definition) is 3. The van der Waals surface area contributed by atoms with Crippen LogP contribution in [0.25, 0.3) is 0 Å². The minimum Gasteiger partial charge on any atom is -0.312 e. The Labute approximate surface area is 160 Å². The van der Waals surface area contributed by atoms with E-state index < -0.39 is 10.0 Å². The smallest absolute Gasteiger partial charge is 0.250 e. The molecule has 2 aliphatic rings. The zero-order chi connectivity index (χ0) is 19.4. The second kappa shape index (κ2) is 6.31. The Bertz CT molecular complexity index is 1020. The summed E-state index contributed by atoms with van der Waals surface area (Å²) in [4.78, 5) is 12.5. The highest BCUT2D eigenvalue weighted by Crippen LogP contribution is 2.37. The fourth-order valence-corrected chi connectivity index (χ4v) is 5.89. The van der Waals surface area contributed by atoms with Crippen molar-refractivity contribution < 1.29 is 8.42 Å². The third kappa shape index (κ3) is 3.25. The van der Waals surface area contributed by atoms with Gasteiger partial charge in [0.2, 0.25) is 10.0 Å². The second-order valence-corrected chi connectivity index (χ2v) is 10.7. The summed E-state index contributed by atoms with van der Waals surface area (Å²) >= 11 is 0. The Morgan fingerprint density at radius 2 is 1.67 bits per heavy atom. The summed E-state index contributed by atoms with van der Waals surface area (Å²) in [6, 6.07) is 12.6. The van der Waals surface area contributed by atoms with Crippen molar-refractivity contribution in [3.8, 4) is 0 Å². The van der Waals surface area contributed by atoms with E-state index in [1.54, 1.807) is 28.6 Å². The van der Waals surface area contributed by atoms with E-state index in [1.807, 2.05) is 22.8 Å². The first-order chi connectivity index (χ1) is 12.7. The lowest BCUT2D eigenvalue weighted by atomic mass is 9.84. The lowest BCUT2D eigenvalue weighted by Gasteiger charge is -2.42. The normalized spacial score (nSPS) is 23.1. The van der Waals surface area contributed by atoms with Crippen LogP contribution in [0.15, 0.2) is 52.2 Å². The maximum Gasteiger partial charge on any atom is 0.250 e. The zero-order valence-corrected chi connectivity index (χ0v) is 16.9. The SMILES string of the molecule is CC(C)(C)c1ccc(S(=O)(=O)N2C[C@H]3C[C@@H](C2)c2cccc(=O)n2C3)cc1. The van der Waals surface area contributed by atoms with Crippen molar-refractivity contribution in [3.63, 3.8) is 0 Å². The number of pyridine rings is 1. The summed E-state index contributed by atoms with van der Waals surface area (Å²) in [5.74, 6) is 0.259. The summed E-state index contributed by atoms with van der Waals surface area (Å²) in [6.45, 7) is 7.84. The van der Waals surface area contributed by atoms with Gasteiger partial charge in [0.05, 0.1) is 4.90 Å². The van der Waals surface area contributed by atoms with Crippen molar-refractivity contribution in [2.75, 3.05) is 13.1 Å². The largest absolute Gasteiger partial charge is 0.312 e. The van der Waals surface area contributed by atoms with Crippen LogP contribution in [0.4, 0.5) is 0 Å². The quantitative estimate of drug-likeness (QED) is 0.797. The molecule has 0 spiro atoms. The van der Waals surface area contributed by atoms with Crippen molar-refractivity contribution in [1.82, 2.24) is 8.87 Å². The number of benzene rings is 1. The molecule has 1 aromatic carbocycles. The van der Waals surface area contributed by atoms with Gasteiger partial charge in [-0.05, 0) is 41.5 Å². The highest BCUT2D eigenvalue weighted by Gasteiger charge is 2.39. The molecule has 27 heavy (non-hydrogen) atoms. The van der Waals surface area contributed by atoms with Gasteiger partial charge in [0, 0.05) is 37.3 Å². The van der Waals surface area contributed by atoms with Gasteiger partial charge >= 0.3 is 0 Å². The van der Waals surface area contributed by atoms with Crippen LogP contribution >= 0.6 is 0 Å². The standard InChI is InChI=1S/C21H26N2O3S/c1-21(2,3)17-7-9-18(10-8-17)27(25,26)22-12-15-11-16(14-22)19-5-4-6-20(24)23(19)13-15/h4-10,15-16H,11-14H2,1-3H3/t15-,16+/m1/s1. The lowest BCUT2D eigenvalue weighted by Crippen LogP contribution is -2.49. The van der Waals surface area contributed by atoms with Crippen molar-refractivity contribution in [2.45, 2.75) is 50.0 Å². The average molecular weight is 387 g/mol. The van der Waals surface area contributed by atoms with E-state index in [0.717, 1.165) is 17.7 Å². The van der Waals surface area contributed by atoms with E-state index in [9.17, 15) is 13.2 Å². The summed E-state index contributed by atoms with van der Waals surface area (Å²) in [7, 11) is -3.53. The van der Waals surface area contributed by atoms with Gasteiger partial charge in [-0.2, -0.15) is 4.31 Å². The van der Waals surface area contributed by atoms with Gasteiger partial charge in [0.25, 0.3) is 5.56 Å². The van der Waals surface area contributed by atoms with Crippen LogP contribution in [0.2, 0.25) is 0 Å². The molecule has 0 saturated carbocycles. The van der Waals surface area contributed by atoms with Gasteiger partial charge < -0.3 is 4.57 Å². The number of aromatic nitrogens is 1. The number of nitrogens with zero attached hydrogens (tertiary/aromatic N) is 2. The maximum atomic E-state index is 13.2. The van der Waals surface area contributed by atoms with E-state index in [1.165, 1.54) is 0 Å². The van der Waals surface area contributed by atoms with Gasteiger partial charge in [-0.15, -0.1) is 0 Å². The molecule has 2 atom stereocenters. The molecule has 0 N–H and O–H groups in total. The molecule has 1 saturated heterocycles. The molecule has 0 amide bonds. The molecule has 2 aromatic rings. The lowest BCUT2D eigenvalue weighted by molar-refractivity contribution is 0.186. The van der Waals surface area contributed by atoms with Crippen LogP contribution in [-0.2, 0) is 22.0 Å². The van der Waals surface area contributed by atoms with Crippen LogP contribution in [0.3, 0.4) is 0 Å². The predicted molar refractivity (Wildman–Crippen MR) is 105 cm³/mol. The summed E-state index contributed by atoms with van der Waals surface area (Å²) < 4.78 is 29.9. The first kappa shape index (κ1) is 18.4. The third-order valence-electron chi connectivity index (χ3n) is 5.80. The molecular formula is C21H26N2O3S. The zero-order valence-electron chi connectivity index (χ0n) is 16.1. The van der Waals surface area contributed by atoms with Crippen LogP contribution in [0.5, 0.6) is 0 Å². The number of rotatable bonds is 2. The van der Waals surface area contributed by atoms with Crippen molar-refractivity contribution in [2.24, 2.45) is 5.92 Å². The van der Waals surface area contributed by atoms with Crippen molar-refractivity contribution in [3.05, 3.63) is 64.1 Å². The van der Waals surface area contributed by atoms with E-state index >= 15 is 0 Å². The fourth-order valence-electron chi connectivity index (χ4n) is 4.32. The van der Waals surface area contributed by atoms with Crippen LogP contribution in [0.1, 0.15) is 44.4 Å². The molecule has 5 nitrogen and oxygen atoms in total. The molecule has 4 rings (SSSR count). The van der Waals surface area contributed by atoms with Crippen LogP contribution < -0.4 is 5.56 Å². The molecule has 0 radical (unpaired) electrons. The number of sulfonamides is 1. The van der Waals surface area contributed by atoms with E-state index in [0.29, 0.717) is 24.5 Å². The Balaban J connectivity index is 1.64. The minimum absolute atomic E-state index is 0.0104. The summed E-state index contributed by atoms with van der Waals surface area (Å²) in [5.41, 5.74) is 2.07. The highest BCUT2D eigenvalue weighted by atomic mass is 32.2. The number of fused-ring (bicyclic) bond motifs is 4. The predicted octanol–water partition coefficient (Wildman–Crippen LogP) is 2.95. The number of piperidine rings is 1. The van der Waals surface area contributed by atoms with Crippen LogP contribution in [0, 0.1) is 5.92 Å². The summed E-state index contributed by atoms with van der Waals surface area (Å²) in [5, 5.41) is 0. The average Bonchev–Trinajstić information content (AvgIpc) is 2.62. The number of hydrogen-bond donors (Lipinski definition) is 0. The van der Waals surface area contributed by atoms with E-state index in [4.69, 9.17) is 0 Å². The van der Waals surface area contributed by atoms with Gasteiger partial charge in [-0.3, -0.25) is 4.79 Å². The second-order valence-electron chi connectivity index (χ2n) is 8.79. The van der Waals surface area contributed by atoms with Gasteiger partial charge in [-0.1, -0.05) is 39.0 Å². The maximum absolute atomic E-state index is 13.2. The first-order valence-electron chi connectivity index (χ1n) is 9.47. The van der Waals surface area contributed by atoms with Gasteiger partial charge in [0.1, 0.15) is 0 Å². The molecule has 0 aliphatic carbocycles. The fraction of sp³-hybridized carbons (Fsp3) is 0.476. The van der Waals surface area contributed by atoms with Gasteiger partial charge in [-0.25, -0.2) is 8.42 Å². The summed E-state index contributed by atoms with van der Waals surface area (Å²) in [6.07, 6.45) is 0.943. The van der Waals surface area contributed by atoms with E-state index in [-0.39, 0.29) is 22.8 Å². The topological polar surface area (TPSA) is 59.4 Å². The highest BCUT2D eigenvalue weighted by molar-refractivity contribution is 7.89. The Morgan fingerprint density at radius 3 is 2.33 bits per heavy atom. The molecule has 2 aliphatic heterocycles.